The van der Waals surface area contributed by atoms with Crippen LogP contribution in [0.4, 0.5) is 0 Å². The molecule has 2 rings (SSSR count). The van der Waals surface area contributed by atoms with Crippen LogP contribution in [-0.2, 0) is 4.74 Å². The third-order valence-corrected chi connectivity index (χ3v) is 3.28. The highest BCUT2D eigenvalue weighted by atomic mass is 16.5. The highest BCUT2D eigenvalue weighted by Gasteiger charge is 2.19. The SMILES string of the molecule is CCCOc1ccc(C(O)COC2CCC2)cc1. The Morgan fingerprint density at radius 1 is 1.28 bits per heavy atom. The molecule has 1 aliphatic rings. The number of aliphatic hydroxyl groups is 1. The number of aliphatic hydroxyl groups excluding tert-OH is 1. The average Bonchev–Trinajstić information content (AvgIpc) is 2.35. The predicted octanol–water partition coefficient (Wildman–Crippen LogP) is 3.08. The van der Waals surface area contributed by atoms with E-state index in [4.69, 9.17) is 9.47 Å². The van der Waals surface area contributed by atoms with E-state index in [1.54, 1.807) is 0 Å². The van der Waals surface area contributed by atoms with Crippen molar-refractivity contribution >= 4 is 0 Å². The molecule has 1 fully saturated rings. The highest BCUT2D eigenvalue weighted by Crippen LogP contribution is 2.24. The Bertz CT molecular complexity index is 343. The molecule has 0 bridgehead atoms. The van der Waals surface area contributed by atoms with Crippen molar-refractivity contribution < 1.29 is 14.6 Å². The topological polar surface area (TPSA) is 38.7 Å². The molecule has 3 nitrogen and oxygen atoms in total. The van der Waals surface area contributed by atoms with Crippen molar-refractivity contribution in [3.05, 3.63) is 29.8 Å². The molecule has 1 aromatic carbocycles. The van der Waals surface area contributed by atoms with Crippen molar-refractivity contribution in [1.82, 2.24) is 0 Å². The van der Waals surface area contributed by atoms with E-state index in [0.717, 1.165) is 37.2 Å². The number of rotatable bonds is 7. The largest absolute Gasteiger partial charge is 0.494 e. The van der Waals surface area contributed by atoms with E-state index in [0.29, 0.717) is 12.7 Å². The van der Waals surface area contributed by atoms with Gasteiger partial charge in [0.05, 0.1) is 19.3 Å². The normalized spacial score (nSPS) is 17.2. The molecule has 1 atom stereocenters. The minimum atomic E-state index is -0.536. The van der Waals surface area contributed by atoms with Gasteiger partial charge in [-0.3, -0.25) is 0 Å². The fourth-order valence-corrected chi connectivity index (χ4v) is 1.87. The highest BCUT2D eigenvalue weighted by molar-refractivity contribution is 5.28. The maximum absolute atomic E-state index is 9.99. The molecule has 0 aromatic heterocycles. The van der Waals surface area contributed by atoms with E-state index < -0.39 is 6.10 Å². The molecule has 0 heterocycles. The van der Waals surface area contributed by atoms with Crippen LogP contribution in [0.3, 0.4) is 0 Å². The lowest BCUT2D eigenvalue weighted by molar-refractivity contribution is -0.0426. The Morgan fingerprint density at radius 3 is 2.56 bits per heavy atom. The fraction of sp³-hybridized carbons (Fsp3) is 0.600. The van der Waals surface area contributed by atoms with Gasteiger partial charge in [-0.25, -0.2) is 0 Å². The zero-order valence-corrected chi connectivity index (χ0v) is 11.0. The van der Waals surface area contributed by atoms with Gasteiger partial charge in [0.15, 0.2) is 0 Å². The van der Waals surface area contributed by atoms with Gasteiger partial charge >= 0.3 is 0 Å². The van der Waals surface area contributed by atoms with Crippen molar-refractivity contribution in [3.8, 4) is 5.75 Å². The Labute approximate surface area is 109 Å². The summed E-state index contributed by atoms with van der Waals surface area (Å²) in [4.78, 5) is 0. The molecule has 1 saturated carbocycles. The molecule has 3 heteroatoms. The van der Waals surface area contributed by atoms with Crippen LogP contribution in [0.15, 0.2) is 24.3 Å². The number of ether oxygens (including phenoxy) is 2. The first-order chi connectivity index (χ1) is 8.79. The van der Waals surface area contributed by atoms with E-state index in [2.05, 4.69) is 6.92 Å². The van der Waals surface area contributed by atoms with Crippen LogP contribution in [0.5, 0.6) is 5.75 Å². The monoisotopic (exact) mass is 250 g/mol. The molecular weight excluding hydrogens is 228 g/mol. The summed E-state index contributed by atoms with van der Waals surface area (Å²) in [6.45, 7) is 3.20. The quantitative estimate of drug-likeness (QED) is 0.808. The van der Waals surface area contributed by atoms with Gasteiger partial charge in [0.1, 0.15) is 11.9 Å². The molecule has 1 aromatic rings. The smallest absolute Gasteiger partial charge is 0.119 e. The van der Waals surface area contributed by atoms with Crippen molar-refractivity contribution in [2.24, 2.45) is 0 Å². The third kappa shape index (κ3) is 3.72. The second kappa shape index (κ2) is 6.76. The molecule has 0 amide bonds. The lowest BCUT2D eigenvalue weighted by Gasteiger charge is -2.26. The van der Waals surface area contributed by atoms with Crippen LogP contribution < -0.4 is 4.74 Å². The molecule has 1 N–H and O–H groups in total. The van der Waals surface area contributed by atoms with Crippen LogP contribution in [0.25, 0.3) is 0 Å². The molecule has 0 spiro atoms. The van der Waals surface area contributed by atoms with Gasteiger partial charge in [0.25, 0.3) is 0 Å². The summed E-state index contributed by atoms with van der Waals surface area (Å²) in [5, 5.41) is 9.99. The maximum atomic E-state index is 9.99. The standard InChI is InChI=1S/C15H22O3/c1-2-10-17-14-8-6-12(7-9-14)15(16)11-18-13-4-3-5-13/h6-9,13,15-16H,2-5,10-11H2,1H3. The van der Waals surface area contributed by atoms with Crippen LogP contribution in [0.2, 0.25) is 0 Å². The lowest BCUT2D eigenvalue weighted by Crippen LogP contribution is -2.24. The first-order valence-electron chi connectivity index (χ1n) is 6.82. The first kappa shape index (κ1) is 13.4. The van der Waals surface area contributed by atoms with Crippen molar-refractivity contribution in [2.45, 2.75) is 44.8 Å². The van der Waals surface area contributed by atoms with Gasteiger partial charge in [0.2, 0.25) is 0 Å². The molecule has 1 aliphatic carbocycles. The zero-order chi connectivity index (χ0) is 12.8. The summed E-state index contributed by atoms with van der Waals surface area (Å²) < 4.78 is 11.1. The lowest BCUT2D eigenvalue weighted by atomic mass is 9.96. The van der Waals surface area contributed by atoms with E-state index >= 15 is 0 Å². The van der Waals surface area contributed by atoms with E-state index in [9.17, 15) is 5.11 Å². The van der Waals surface area contributed by atoms with Gasteiger partial charge in [-0.2, -0.15) is 0 Å². The number of benzene rings is 1. The van der Waals surface area contributed by atoms with E-state index in [-0.39, 0.29) is 0 Å². The fourth-order valence-electron chi connectivity index (χ4n) is 1.87. The maximum Gasteiger partial charge on any atom is 0.119 e. The van der Waals surface area contributed by atoms with E-state index in [1.807, 2.05) is 24.3 Å². The van der Waals surface area contributed by atoms with Crippen molar-refractivity contribution in [1.29, 1.82) is 0 Å². The molecular formula is C15H22O3. The van der Waals surface area contributed by atoms with Crippen LogP contribution in [-0.4, -0.2) is 24.4 Å². The van der Waals surface area contributed by atoms with E-state index in [1.165, 1.54) is 6.42 Å². The summed E-state index contributed by atoms with van der Waals surface area (Å²) in [6, 6.07) is 7.61. The summed E-state index contributed by atoms with van der Waals surface area (Å²) in [6.07, 6.45) is 4.36. The number of hydrogen-bond acceptors (Lipinski definition) is 3. The molecule has 100 valence electrons. The summed E-state index contributed by atoms with van der Waals surface area (Å²) in [5.74, 6) is 0.854. The molecule has 1 unspecified atom stereocenters. The van der Waals surface area contributed by atoms with Crippen molar-refractivity contribution in [3.63, 3.8) is 0 Å². The van der Waals surface area contributed by atoms with Crippen LogP contribution in [0.1, 0.15) is 44.3 Å². The Kier molecular flexibility index (Phi) is 5.02. The van der Waals surface area contributed by atoms with Gasteiger partial charge in [-0.1, -0.05) is 19.1 Å². The van der Waals surface area contributed by atoms with Gasteiger partial charge in [-0.15, -0.1) is 0 Å². The average molecular weight is 250 g/mol. The third-order valence-electron chi connectivity index (χ3n) is 3.28. The minimum absolute atomic E-state index is 0.367. The molecule has 0 aliphatic heterocycles. The summed E-state index contributed by atoms with van der Waals surface area (Å²) in [7, 11) is 0. The van der Waals surface area contributed by atoms with Crippen LogP contribution in [0, 0.1) is 0 Å². The first-order valence-corrected chi connectivity index (χ1v) is 6.82. The second-order valence-corrected chi connectivity index (χ2v) is 4.82. The molecule has 0 saturated heterocycles. The minimum Gasteiger partial charge on any atom is -0.494 e. The Morgan fingerprint density at radius 2 is 2.00 bits per heavy atom. The van der Waals surface area contributed by atoms with Gasteiger partial charge in [-0.05, 0) is 43.4 Å². The predicted molar refractivity (Wildman–Crippen MR) is 70.8 cm³/mol. The summed E-state index contributed by atoms with van der Waals surface area (Å²) in [5.41, 5.74) is 0.887. The van der Waals surface area contributed by atoms with Crippen molar-refractivity contribution in [2.75, 3.05) is 13.2 Å². The van der Waals surface area contributed by atoms with Gasteiger partial charge in [0, 0.05) is 0 Å². The zero-order valence-electron chi connectivity index (χ0n) is 11.0. The molecule has 18 heavy (non-hydrogen) atoms. The Hall–Kier alpha value is -1.06. The van der Waals surface area contributed by atoms with Crippen LogP contribution >= 0.6 is 0 Å². The molecule has 0 radical (unpaired) electrons. The van der Waals surface area contributed by atoms with Gasteiger partial charge < -0.3 is 14.6 Å². The Balaban J connectivity index is 1.79. The second-order valence-electron chi connectivity index (χ2n) is 4.82. The number of hydrogen-bond donors (Lipinski definition) is 1. The summed E-state index contributed by atoms with van der Waals surface area (Å²) >= 11 is 0.